The molecule has 0 saturated heterocycles. The van der Waals surface area contributed by atoms with Gasteiger partial charge in [-0.2, -0.15) is 0 Å². The first kappa shape index (κ1) is 14.6. The fraction of sp³-hybridized carbons (Fsp3) is 0.357. The molecule has 0 radical (unpaired) electrons. The zero-order valence-corrected chi connectivity index (χ0v) is 12.2. The van der Waals surface area contributed by atoms with Crippen LogP contribution in [0.2, 0.25) is 0 Å². The predicted octanol–water partition coefficient (Wildman–Crippen LogP) is 1.59. The molecule has 5 nitrogen and oxygen atoms in total. The van der Waals surface area contributed by atoms with Crippen molar-refractivity contribution < 1.29 is 14.4 Å². The van der Waals surface area contributed by atoms with Crippen LogP contribution >= 0.6 is 11.8 Å². The molecule has 0 saturated carbocycles. The Kier molecular flexibility index (Phi) is 4.13. The molecule has 0 fully saturated rings. The van der Waals surface area contributed by atoms with Crippen molar-refractivity contribution in [1.82, 2.24) is 0 Å². The van der Waals surface area contributed by atoms with E-state index in [1.54, 1.807) is 17.0 Å². The molecule has 1 unspecified atom stereocenters. The van der Waals surface area contributed by atoms with E-state index in [1.165, 1.54) is 18.7 Å². The first-order chi connectivity index (χ1) is 9.40. The molecule has 0 aromatic heterocycles. The van der Waals surface area contributed by atoms with Crippen LogP contribution < -0.4 is 10.6 Å². The second-order valence-corrected chi connectivity index (χ2v) is 6.09. The van der Waals surface area contributed by atoms with Gasteiger partial charge in [-0.15, -0.1) is 11.8 Å². The largest absolute Gasteiger partial charge is 0.370 e. The van der Waals surface area contributed by atoms with Crippen LogP contribution in [0.5, 0.6) is 0 Å². The number of hydrogen-bond donors (Lipinski definition) is 1. The van der Waals surface area contributed by atoms with Gasteiger partial charge in [0, 0.05) is 23.4 Å². The standard InChI is InChI=1S/C14H16N2O3S/c1-8(17)10-3-4-12-11(7-10)16(6-5-13(15)18)14(19)9(2)20-12/h3-4,7,9H,5-6H2,1-2H3,(H2,15,18). The highest BCUT2D eigenvalue weighted by atomic mass is 32.2. The minimum absolute atomic E-state index is 0.0567. The number of primary amides is 1. The van der Waals surface area contributed by atoms with Gasteiger partial charge in [0.25, 0.3) is 0 Å². The van der Waals surface area contributed by atoms with E-state index in [0.717, 1.165) is 4.90 Å². The third kappa shape index (κ3) is 2.85. The second kappa shape index (κ2) is 5.66. The highest BCUT2D eigenvalue weighted by molar-refractivity contribution is 8.00. The number of nitrogens with zero attached hydrogens (tertiary/aromatic N) is 1. The average Bonchev–Trinajstić information content (AvgIpc) is 2.38. The third-order valence-electron chi connectivity index (χ3n) is 3.16. The van der Waals surface area contributed by atoms with Crippen molar-refractivity contribution in [2.24, 2.45) is 5.73 Å². The topological polar surface area (TPSA) is 80.5 Å². The summed E-state index contributed by atoms with van der Waals surface area (Å²) in [7, 11) is 0. The predicted molar refractivity (Wildman–Crippen MR) is 77.9 cm³/mol. The summed E-state index contributed by atoms with van der Waals surface area (Å²) in [5.74, 6) is -0.573. The summed E-state index contributed by atoms with van der Waals surface area (Å²) < 4.78 is 0. The van der Waals surface area contributed by atoms with Crippen molar-refractivity contribution in [2.75, 3.05) is 11.4 Å². The van der Waals surface area contributed by atoms with Gasteiger partial charge in [0.2, 0.25) is 11.8 Å². The number of anilines is 1. The molecule has 1 atom stereocenters. The molecule has 2 amide bonds. The molecule has 6 heteroatoms. The highest BCUT2D eigenvalue weighted by Gasteiger charge is 2.31. The minimum Gasteiger partial charge on any atom is -0.370 e. The van der Waals surface area contributed by atoms with Gasteiger partial charge in [-0.05, 0) is 26.0 Å². The summed E-state index contributed by atoms with van der Waals surface area (Å²) in [6.45, 7) is 3.55. The van der Waals surface area contributed by atoms with Crippen LogP contribution in [0.25, 0.3) is 0 Å². The molecule has 1 aromatic carbocycles. The summed E-state index contributed by atoms with van der Waals surface area (Å²) in [4.78, 5) is 37.1. The maximum atomic E-state index is 12.2. The number of nitrogens with two attached hydrogens (primary N) is 1. The van der Waals surface area contributed by atoms with E-state index in [4.69, 9.17) is 5.73 Å². The number of Topliss-reactive ketones (excluding diaryl/α,β-unsaturated/α-hetero) is 1. The Hall–Kier alpha value is -1.82. The zero-order valence-electron chi connectivity index (χ0n) is 11.4. The van der Waals surface area contributed by atoms with Crippen LogP contribution in [0.15, 0.2) is 23.1 Å². The fourth-order valence-corrected chi connectivity index (χ4v) is 3.12. The molecule has 0 bridgehead atoms. The van der Waals surface area contributed by atoms with Gasteiger partial charge in [0.15, 0.2) is 5.78 Å². The Labute approximate surface area is 121 Å². The maximum absolute atomic E-state index is 12.2. The van der Waals surface area contributed by atoms with Crippen molar-refractivity contribution in [3.63, 3.8) is 0 Å². The molecular formula is C14H16N2O3S. The monoisotopic (exact) mass is 292 g/mol. The number of amides is 2. The number of benzene rings is 1. The molecule has 2 rings (SSSR count). The van der Waals surface area contributed by atoms with Gasteiger partial charge in [-0.25, -0.2) is 0 Å². The Bertz CT molecular complexity index is 586. The molecule has 1 aliphatic heterocycles. The summed E-state index contributed by atoms with van der Waals surface area (Å²) in [6, 6.07) is 5.30. The van der Waals surface area contributed by atoms with Crippen LogP contribution in [0, 0.1) is 0 Å². The lowest BCUT2D eigenvalue weighted by Crippen LogP contribution is -2.41. The SMILES string of the molecule is CC(=O)c1ccc2c(c1)N(CCC(N)=O)C(=O)C(C)S2. The van der Waals surface area contributed by atoms with Crippen molar-refractivity contribution in [2.45, 2.75) is 30.4 Å². The number of ketones is 1. The van der Waals surface area contributed by atoms with E-state index in [0.29, 0.717) is 11.3 Å². The van der Waals surface area contributed by atoms with Crippen molar-refractivity contribution in [3.8, 4) is 0 Å². The van der Waals surface area contributed by atoms with Crippen molar-refractivity contribution >= 4 is 35.0 Å². The van der Waals surface area contributed by atoms with Crippen molar-refractivity contribution in [3.05, 3.63) is 23.8 Å². The molecule has 1 aromatic rings. The number of carbonyl (C=O) groups is 3. The first-order valence-corrected chi connectivity index (χ1v) is 7.19. The summed E-state index contributed by atoms with van der Waals surface area (Å²) >= 11 is 1.46. The summed E-state index contributed by atoms with van der Waals surface area (Å²) in [6.07, 6.45) is 0.104. The molecule has 106 valence electrons. The fourth-order valence-electron chi connectivity index (χ4n) is 2.08. The highest BCUT2D eigenvalue weighted by Crippen LogP contribution is 2.39. The lowest BCUT2D eigenvalue weighted by Gasteiger charge is -2.32. The van der Waals surface area contributed by atoms with Crippen LogP contribution in [-0.4, -0.2) is 29.4 Å². The lowest BCUT2D eigenvalue weighted by molar-refractivity contribution is -0.118. The Morgan fingerprint density at radius 1 is 1.40 bits per heavy atom. The minimum atomic E-state index is -0.451. The lowest BCUT2D eigenvalue weighted by atomic mass is 10.1. The van der Waals surface area contributed by atoms with Gasteiger partial charge in [-0.3, -0.25) is 14.4 Å². The third-order valence-corrected chi connectivity index (χ3v) is 4.31. The zero-order chi connectivity index (χ0) is 14.9. The summed E-state index contributed by atoms with van der Waals surface area (Å²) in [5, 5.41) is -0.210. The van der Waals surface area contributed by atoms with E-state index in [9.17, 15) is 14.4 Å². The van der Waals surface area contributed by atoms with E-state index in [1.807, 2.05) is 13.0 Å². The maximum Gasteiger partial charge on any atom is 0.240 e. The average molecular weight is 292 g/mol. The van der Waals surface area contributed by atoms with Crippen LogP contribution in [-0.2, 0) is 9.59 Å². The Balaban J connectivity index is 2.40. The number of thioether (sulfide) groups is 1. The van der Waals surface area contributed by atoms with Gasteiger partial charge < -0.3 is 10.6 Å². The number of rotatable bonds is 4. The first-order valence-electron chi connectivity index (χ1n) is 6.31. The van der Waals surface area contributed by atoms with Crippen LogP contribution in [0.3, 0.4) is 0 Å². The Morgan fingerprint density at radius 3 is 2.70 bits per heavy atom. The smallest absolute Gasteiger partial charge is 0.240 e. The van der Waals surface area contributed by atoms with Crippen molar-refractivity contribution in [1.29, 1.82) is 0 Å². The number of fused-ring (bicyclic) bond motifs is 1. The van der Waals surface area contributed by atoms with E-state index < -0.39 is 5.91 Å². The molecular weight excluding hydrogens is 276 g/mol. The van der Waals surface area contributed by atoms with E-state index in [2.05, 4.69) is 0 Å². The molecule has 2 N–H and O–H groups in total. The molecule has 0 aliphatic carbocycles. The van der Waals surface area contributed by atoms with Crippen LogP contribution in [0.1, 0.15) is 30.6 Å². The van der Waals surface area contributed by atoms with Gasteiger partial charge in [0.05, 0.1) is 10.9 Å². The van der Waals surface area contributed by atoms with E-state index >= 15 is 0 Å². The quantitative estimate of drug-likeness (QED) is 0.855. The molecule has 0 spiro atoms. The van der Waals surface area contributed by atoms with Gasteiger partial charge in [-0.1, -0.05) is 6.07 Å². The van der Waals surface area contributed by atoms with Gasteiger partial charge >= 0.3 is 0 Å². The second-order valence-electron chi connectivity index (χ2n) is 4.70. The number of hydrogen-bond acceptors (Lipinski definition) is 4. The van der Waals surface area contributed by atoms with Crippen LogP contribution in [0.4, 0.5) is 5.69 Å². The molecule has 1 heterocycles. The summed E-state index contributed by atoms with van der Waals surface area (Å²) in [5.41, 5.74) is 6.39. The molecule has 20 heavy (non-hydrogen) atoms. The van der Waals surface area contributed by atoms with Gasteiger partial charge in [0.1, 0.15) is 0 Å². The normalized spacial score (nSPS) is 17.8. The Morgan fingerprint density at radius 2 is 2.10 bits per heavy atom. The van der Waals surface area contributed by atoms with E-state index in [-0.39, 0.29) is 29.9 Å². The molecule has 1 aliphatic rings. The number of carbonyl (C=O) groups excluding carboxylic acids is 3.